The summed E-state index contributed by atoms with van der Waals surface area (Å²) in [5, 5.41) is 2.60. The minimum atomic E-state index is -0.537. The fraction of sp³-hybridized carbons (Fsp3) is 0.500. The molecule has 1 aromatic rings. The molecule has 0 unspecified atom stereocenters. The van der Waals surface area contributed by atoms with Gasteiger partial charge in [-0.15, -0.1) is 0 Å². The van der Waals surface area contributed by atoms with Crippen LogP contribution < -0.4 is 5.32 Å². The number of nitrogens with one attached hydrogen (secondary N) is 1. The molecule has 0 aliphatic heterocycles. The Morgan fingerprint density at radius 3 is 2.52 bits per heavy atom. The highest BCUT2D eigenvalue weighted by molar-refractivity contribution is 5.97. The van der Waals surface area contributed by atoms with Gasteiger partial charge in [0.25, 0.3) is 0 Å². The molecule has 0 aliphatic rings. The van der Waals surface area contributed by atoms with Crippen molar-refractivity contribution in [3.05, 3.63) is 35.1 Å². The molecule has 0 aromatic heterocycles. The van der Waals surface area contributed by atoms with Crippen LogP contribution in [0.4, 0.5) is 9.18 Å². The molecule has 0 radical (unpaired) electrons. The zero-order valence-corrected chi connectivity index (χ0v) is 13.0. The molecule has 0 atom stereocenters. The molecule has 0 fully saturated rings. The summed E-state index contributed by atoms with van der Waals surface area (Å²) in [5.74, 6) is -0.408. The fourth-order valence-corrected chi connectivity index (χ4v) is 1.83. The first kappa shape index (κ1) is 17.1. The predicted octanol–water partition coefficient (Wildman–Crippen LogP) is 3.62. The van der Waals surface area contributed by atoms with Gasteiger partial charge >= 0.3 is 6.09 Å². The Balaban J connectivity index is 2.36. The average Bonchev–Trinajstić information content (AvgIpc) is 2.32. The minimum absolute atomic E-state index is 0.0570. The molecular formula is C16H22FNO3. The van der Waals surface area contributed by atoms with Gasteiger partial charge in [-0.1, -0.05) is 0 Å². The highest BCUT2D eigenvalue weighted by Gasteiger charge is 2.15. The lowest BCUT2D eigenvalue weighted by Crippen LogP contribution is -2.33. The zero-order valence-electron chi connectivity index (χ0n) is 13.0. The Morgan fingerprint density at radius 1 is 1.29 bits per heavy atom. The summed E-state index contributed by atoms with van der Waals surface area (Å²) >= 11 is 0. The Bertz CT molecular complexity index is 521. The van der Waals surface area contributed by atoms with E-state index >= 15 is 0 Å². The number of hydrogen-bond donors (Lipinski definition) is 1. The summed E-state index contributed by atoms with van der Waals surface area (Å²) in [5.41, 5.74) is 0.610. The summed E-state index contributed by atoms with van der Waals surface area (Å²) in [4.78, 5) is 23.4. The van der Waals surface area contributed by atoms with Crippen LogP contribution in [0.1, 0.15) is 49.5 Å². The summed E-state index contributed by atoms with van der Waals surface area (Å²) < 4.78 is 18.1. The molecule has 0 saturated carbocycles. The van der Waals surface area contributed by atoms with Crippen molar-refractivity contribution in [3.8, 4) is 0 Å². The summed E-state index contributed by atoms with van der Waals surface area (Å²) in [6.07, 6.45) is 0.310. The second-order valence-corrected chi connectivity index (χ2v) is 5.91. The molecule has 0 bridgehead atoms. The lowest BCUT2D eigenvalue weighted by molar-refractivity contribution is 0.0525. The van der Waals surface area contributed by atoms with Gasteiger partial charge in [-0.2, -0.15) is 0 Å². The number of aryl methyl sites for hydroxylation is 1. The molecule has 4 nitrogen and oxygen atoms in total. The van der Waals surface area contributed by atoms with Crippen molar-refractivity contribution in [2.24, 2.45) is 0 Å². The molecule has 1 rings (SSSR count). The van der Waals surface area contributed by atoms with Crippen LogP contribution in [0, 0.1) is 12.7 Å². The van der Waals surface area contributed by atoms with Crippen molar-refractivity contribution in [2.45, 2.75) is 46.1 Å². The molecule has 1 N–H and O–H groups in total. The number of rotatable bonds is 5. The van der Waals surface area contributed by atoms with Crippen molar-refractivity contribution in [2.75, 3.05) is 6.54 Å². The van der Waals surface area contributed by atoms with Gasteiger partial charge in [0.05, 0.1) is 0 Å². The van der Waals surface area contributed by atoms with E-state index in [0.717, 1.165) is 0 Å². The first-order valence-corrected chi connectivity index (χ1v) is 6.95. The van der Waals surface area contributed by atoms with Gasteiger partial charge in [-0.05, 0) is 57.9 Å². The van der Waals surface area contributed by atoms with Gasteiger partial charge in [0, 0.05) is 18.5 Å². The number of ether oxygens (including phenoxy) is 1. The van der Waals surface area contributed by atoms with Gasteiger partial charge in [0.2, 0.25) is 0 Å². The van der Waals surface area contributed by atoms with Crippen LogP contribution in [-0.4, -0.2) is 24.0 Å². The molecule has 116 valence electrons. The number of amides is 1. The van der Waals surface area contributed by atoms with Crippen LogP contribution in [-0.2, 0) is 4.74 Å². The van der Waals surface area contributed by atoms with Crippen LogP contribution in [0.3, 0.4) is 0 Å². The first-order valence-electron chi connectivity index (χ1n) is 6.95. The molecule has 0 saturated heterocycles. The van der Waals surface area contributed by atoms with E-state index in [2.05, 4.69) is 5.32 Å². The summed E-state index contributed by atoms with van der Waals surface area (Å²) in [7, 11) is 0. The van der Waals surface area contributed by atoms with Crippen molar-refractivity contribution in [3.63, 3.8) is 0 Å². The number of hydrogen-bond acceptors (Lipinski definition) is 3. The third-order valence-electron chi connectivity index (χ3n) is 2.74. The Labute approximate surface area is 124 Å². The largest absolute Gasteiger partial charge is 0.444 e. The quantitative estimate of drug-likeness (QED) is 0.666. The summed E-state index contributed by atoms with van der Waals surface area (Å²) in [6.45, 7) is 7.42. The normalized spacial score (nSPS) is 11.1. The zero-order chi connectivity index (χ0) is 16.0. The molecule has 1 amide bonds. The molecule has 1 aromatic carbocycles. The smallest absolute Gasteiger partial charge is 0.407 e. The second-order valence-electron chi connectivity index (χ2n) is 5.91. The van der Waals surface area contributed by atoms with Gasteiger partial charge in [-0.25, -0.2) is 9.18 Å². The Morgan fingerprint density at radius 2 is 1.95 bits per heavy atom. The fourth-order valence-electron chi connectivity index (χ4n) is 1.83. The lowest BCUT2D eigenvalue weighted by Gasteiger charge is -2.19. The topological polar surface area (TPSA) is 55.4 Å². The maximum Gasteiger partial charge on any atom is 0.407 e. The third-order valence-corrected chi connectivity index (χ3v) is 2.74. The van der Waals surface area contributed by atoms with E-state index < -0.39 is 11.7 Å². The van der Waals surface area contributed by atoms with E-state index in [1.165, 1.54) is 18.2 Å². The molecule has 0 heterocycles. The van der Waals surface area contributed by atoms with E-state index in [1.54, 1.807) is 27.7 Å². The van der Waals surface area contributed by atoms with Crippen LogP contribution in [0.15, 0.2) is 18.2 Å². The minimum Gasteiger partial charge on any atom is -0.444 e. The SMILES string of the molecule is Cc1cc(F)ccc1C(=O)CCCNC(=O)OC(C)(C)C. The predicted molar refractivity (Wildman–Crippen MR) is 78.9 cm³/mol. The molecular weight excluding hydrogens is 273 g/mol. The lowest BCUT2D eigenvalue weighted by atomic mass is 10.0. The van der Waals surface area contributed by atoms with Gasteiger partial charge in [0.1, 0.15) is 11.4 Å². The Kier molecular flexibility index (Phi) is 5.88. The molecule has 5 heteroatoms. The maximum atomic E-state index is 13.0. The number of carbonyl (C=O) groups excluding carboxylic acids is 2. The van der Waals surface area contributed by atoms with Crippen molar-refractivity contribution in [1.82, 2.24) is 5.32 Å². The van der Waals surface area contributed by atoms with Gasteiger partial charge in [-0.3, -0.25) is 4.79 Å². The number of alkyl carbamates (subject to hydrolysis) is 1. The Hall–Kier alpha value is -1.91. The van der Waals surface area contributed by atoms with Crippen molar-refractivity contribution in [1.29, 1.82) is 0 Å². The highest BCUT2D eigenvalue weighted by Crippen LogP contribution is 2.13. The van der Waals surface area contributed by atoms with Crippen molar-refractivity contribution < 1.29 is 18.7 Å². The monoisotopic (exact) mass is 295 g/mol. The van der Waals surface area contributed by atoms with E-state index in [-0.39, 0.29) is 11.6 Å². The molecule has 0 spiro atoms. The van der Waals surface area contributed by atoms with E-state index in [0.29, 0.717) is 30.5 Å². The van der Waals surface area contributed by atoms with E-state index in [1.807, 2.05) is 0 Å². The van der Waals surface area contributed by atoms with Crippen LogP contribution in [0.5, 0.6) is 0 Å². The second kappa shape index (κ2) is 7.20. The number of Topliss-reactive ketones (excluding diaryl/α,β-unsaturated/α-hetero) is 1. The standard InChI is InChI=1S/C16H22FNO3/c1-11-10-12(17)7-8-13(11)14(19)6-5-9-18-15(20)21-16(2,3)4/h7-8,10H,5-6,9H2,1-4H3,(H,18,20). The van der Waals surface area contributed by atoms with Crippen LogP contribution >= 0.6 is 0 Å². The molecule has 0 aliphatic carbocycles. The number of ketones is 1. The number of halogens is 1. The number of carbonyl (C=O) groups is 2. The third kappa shape index (κ3) is 6.38. The first-order chi connectivity index (χ1) is 9.69. The van der Waals surface area contributed by atoms with Crippen molar-refractivity contribution >= 4 is 11.9 Å². The van der Waals surface area contributed by atoms with E-state index in [4.69, 9.17) is 4.74 Å². The average molecular weight is 295 g/mol. The van der Waals surface area contributed by atoms with Gasteiger partial charge in [0.15, 0.2) is 5.78 Å². The highest BCUT2D eigenvalue weighted by atomic mass is 19.1. The van der Waals surface area contributed by atoms with Crippen LogP contribution in [0.2, 0.25) is 0 Å². The van der Waals surface area contributed by atoms with Gasteiger partial charge < -0.3 is 10.1 Å². The maximum absolute atomic E-state index is 13.0. The summed E-state index contributed by atoms with van der Waals surface area (Å²) in [6, 6.07) is 4.11. The molecule has 21 heavy (non-hydrogen) atoms. The van der Waals surface area contributed by atoms with Crippen LogP contribution in [0.25, 0.3) is 0 Å². The van der Waals surface area contributed by atoms with E-state index in [9.17, 15) is 14.0 Å². The number of benzene rings is 1.